The largest absolute Gasteiger partial charge is 0.493 e. The van der Waals surface area contributed by atoms with Crippen molar-refractivity contribution in [1.29, 1.82) is 0 Å². The third-order valence-electron chi connectivity index (χ3n) is 3.72. The summed E-state index contributed by atoms with van der Waals surface area (Å²) in [6.07, 6.45) is 1.68. The average Bonchev–Trinajstić information content (AvgIpc) is 2.67. The van der Waals surface area contributed by atoms with E-state index in [0.717, 1.165) is 16.8 Å². The smallest absolute Gasteiger partial charge is 0.170 e. The lowest BCUT2D eigenvalue weighted by molar-refractivity contribution is 0.284. The summed E-state index contributed by atoms with van der Waals surface area (Å²) in [6.45, 7) is 0.365. The van der Waals surface area contributed by atoms with Gasteiger partial charge < -0.3 is 9.47 Å². The van der Waals surface area contributed by atoms with Crippen LogP contribution in [0.25, 0.3) is 0 Å². The van der Waals surface area contributed by atoms with Crippen molar-refractivity contribution in [3.8, 4) is 11.5 Å². The molecule has 0 bridgehead atoms. The van der Waals surface area contributed by atoms with Crippen LogP contribution >= 0.6 is 23.2 Å². The molecule has 4 nitrogen and oxygen atoms in total. The van der Waals surface area contributed by atoms with E-state index in [0.29, 0.717) is 28.2 Å². The highest BCUT2D eigenvalue weighted by molar-refractivity contribution is 6.31. The van der Waals surface area contributed by atoms with E-state index in [1.807, 2.05) is 54.6 Å². The maximum Gasteiger partial charge on any atom is 0.170 e. The van der Waals surface area contributed by atoms with Gasteiger partial charge in [0.2, 0.25) is 0 Å². The Morgan fingerprint density at radius 3 is 2.44 bits per heavy atom. The zero-order chi connectivity index (χ0) is 19.1. The number of ether oxygens (including phenoxy) is 2. The maximum atomic E-state index is 6.04. The van der Waals surface area contributed by atoms with Crippen molar-refractivity contribution < 1.29 is 9.47 Å². The van der Waals surface area contributed by atoms with Gasteiger partial charge in [0.1, 0.15) is 6.61 Å². The average molecular weight is 401 g/mol. The Morgan fingerprint density at radius 2 is 1.70 bits per heavy atom. The number of nitrogens with zero attached hydrogens (tertiary/aromatic N) is 1. The van der Waals surface area contributed by atoms with Crippen LogP contribution in [0.15, 0.2) is 71.8 Å². The molecule has 0 aliphatic rings. The van der Waals surface area contributed by atoms with Gasteiger partial charge in [-0.05, 0) is 48.0 Å². The Bertz CT molecular complexity index is 945. The second-order valence-corrected chi connectivity index (χ2v) is 6.55. The van der Waals surface area contributed by atoms with Crippen molar-refractivity contribution in [3.63, 3.8) is 0 Å². The van der Waals surface area contributed by atoms with E-state index in [9.17, 15) is 0 Å². The van der Waals surface area contributed by atoms with Crippen LogP contribution in [0.5, 0.6) is 11.5 Å². The SMILES string of the molecule is COc1cccc(C=NNc2cccc(Cl)c2)c1OCc1cccc(Cl)c1. The Kier molecular flexibility index (Phi) is 6.58. The highest BCUT2D eigenvalue weighted by atomic mass is 35.5. The summed E-state index contributed by atoms with van der Waals surface area (Å²) in [5.41, 5.74) is 5.49. The number of hydrogen-bond acceptors (Lipinski definition) is 4. The third kappa shape index (κ3) is 5.39. The Hall–Kier alpha value is -2.69. The first-order chi connectivity index (χ1) is 13.2. The normalized spacial score (nSPS) is 10.8. The Labute approximate surface area is 168 Å². The number of methoxy groups -OCH3 is 1. The molecular formula is C21H18Cl2N2O2. The van der Waals surface area contributed by atoms with Gasteiger partial charge in [0.15, 0.2) is 11.5 Å². The standard InChI is InChI=1S/C21H18Cl2N2O2/c1-26-20-10-3-6-16(13-24-25-19-9-4-8-18(23)12-19)21(20)27-14-15-5-2-7-17(22)11-15/h2-13,25H,14H2,1H3. The van der Waals surface area contributed by atoms with Crippen LogP contribution in [0, 0.1) is 0 Å². The molecular weight excluding hydrogens is 383 g/mol. The number of para-hydroxylation sites is 1. The molecule has 3 aromatic rings. The number of anilines is 1. The molecule has 0 fully saturated rings. The summed E-state index contributed by atoms with van der Waals surface area (Å²) in [6, 6.07) is 20.5. The van der Waals surface area contributed by atoms with E-state index in [2.05, 4.69) is 10.5 Å². The van der Waals surface area contributed by atoms with E-state index in [4.69, 9.17) is 32.7 Å². The second-order valence-electron chi connectivity index (χ2n) is 5.68. The number of rotatable bonds is 7. The van der Waals surface area contributed by atoms with Crippen LogP contribution in [0.4, 0.5) is 5.69 Å². The molecule has 6 heteroatoms. The number of hydrogen-bond donors (Lipinski definition) is 1. The minimum Gasteiger partial charge on any atom is -0.493 e. The van der Waals surface area contributed by atoms with Crippen LogP contribution < -0.4 is 14.9 Å². The van der Waals surface area contributed by atoms with Gasteiger partial charge in [-0.15, -0.1) is 0 Å². The van der Waals surface area contributed by atoms with Crippen molar-refractivity contribution in [2.24, 2.45) is 5.10 Å². The second kappa shape index (κ2) is 9.31. The first kappa shape index (κ1) is 19.1. The summed E-state index contributed by atoms with van der Waals surface area (Å²) in [5.74, 6) is 1.24. The summed E-state index contributed by atoms with van der Waals surface area (Å²) >= 11 is 12.0. The summed E-state index contributed by atoms with van der Waals surface area (Å²) in [7, 11) is 1.60. The van der Waals surface area contributed by atoms with Gasteiger partial charge in [-0.25, -0.2) is 0 Å². The van der Waals surface area contributed by atoms with Crippen LogP contribution in [0.2, 0.25) is 10.0 Å². The van der Waals surface area contributed by atoms with Gasteiger partial charge in [-0.2, -0.15) is 5.10 Å². The van der Waals surface area contributed by atoms with E-state index in [-0.39, 0.29) is 0 Å². The fraction of sp³-hybridized carbons (Fsp3) is 0.0952. The molecule has 0 aliphatic heterocycles. The summed E-state index contributed by atoms with van der Waals surface area (Å²) < 4.78 is 11.4. The van der Waals surface area contributed by atoms with Crippen molar-refractivity contribution >= 4 is 35.1 Å². The van der Waals surface area contributed by atoms with Gasteiger partial charge in [0.25, 0.3) is 0 Å². The van der Waals surface area contributed by atoms with E-state index in [1.165, 1.54) is 0 Å². The summed E-state index contributed by atoms with van der Waals surface area (Å²) in [4.78, 5) is 0. The lowest BCUT2D eigenvalue weighted by atomic mass is 10.2. The predicted molar refractivity (Wildman–Crippen MR) is 111 cm³/mol. The molecule has 1 N–H and O–H groups in total. The molecule has 0 saturated heterocycles. The van der Waals surface area contributed by atoms with Crippen LogP contribution in [-0.4, -0.2) is 13.3 Å². The lowest BCUT2D eigenvalue weighted by Gasteiger charge is -2.13. The molecule has 3 aromatic carbocycles. The zero-order valence-electron chi connectivity index (χ0n) is 14.7. The molecule has 0 heterocycles. The molecule has 3 rings (SSSR count). The van der Waals surface area contributed by atoms with E-state index < -0.39 is 0 Å². The highest BCUT2D eigenvalue weighted by Crippen LogP contribution is 2.31. The molecule has 0 unspecified atom stereocenters. The number of hydrazone groups is 1. The molecule has 0 saturated carbocycles. The molecule has 0 atom stereocenters. The fourth-order valence-electron chi connectivity index (χ4n) is 2.47. The third-order valence-corrected chi connectivity index (χ3v) is 4.19. The molecule has 138 valence electrons. The van der Waals surface area contributed by atoms with Gasteiger partial charge in [-0.1, -0.05) is 47.5 Å². The van der Waals surface area contributed by atoms with Crippen molar-refractivity contribution in [2.75, 3.05) is 12.5 Å². The predicted octanol–water partition coefficient (Wildman–Crippen LogP) is 6.03. The number of nitrogens with one attached hydrogen (secondary N) is 1. The topological polar surface area (TPSA) is 42.8 Å². The van der Waals surface area contributed by atoms with Crippen LogP contribution in [0.1, 0.15) is 11.1 Å². The fourth-order valence-corrected chi connectivity index (χ4v) is 2.87. The monoisotopic (exact) mass is 400 g/mol. The van der Waals surface area contributed by atoms with E-state index in [1.54, 1.807) is 25.5 Å². The molecule has 0 spiro atoms. The minimum atomic E-state index is 0.365. The van der Waals surface area contributed by atoms with Crippen molar-refractivity contribution in [3.05, 3.63) is 87.9 Å². The number of halogens is 2. The number of benzene rings is 3. The highest BCUT2D eigenvalue weighted by Gasteiger charge is 2.10. The van der Waals surface area contributed by atoms with Gasteiger partial charge in [0.05, 0.1) is 19.0 Å². The molecule has 0 aromatic heterocycles. The maximum absolute atomic E-state index is 6.04. The van der Waals surface area contributed by atoms with Crippen molar-refractivity contribution in [2.45, 2.75) is 6.61 Å². The first-order valence-electron chi connectivity index (χ1n) is 8.24. The Morgan fingerprint density at radius 1 is 0.963 bits per heavy atom. The lowest BCUT2D eigenvalue weighted by Crippen LogP contribution is -2.01. The molecule has 27 heavy (non-hydrogen) atoms. The van der Waals surface area contributed by atoms with E-state index >= 15 is 0 Å². The van der Waals surface area contributed by atoms with Gasteiger partial charge >= 0.3 is 0 Å². The van der Waals surface area contributed by atoms with Crippen LogP contribution in [0.3, 0.4) is 0 Å². The molecule has 0 amide bonds. The first-order valence-corrected chi connectivity index (χ1v) is 9.00. The molecule has 0 radical (unpaired) electrons. The van der Waals surface area contributed by atoms with Gasteiger partial charge in [0, 0.05) is 15.6 Å². The Balaban J connectivity index is 1.77. The van der Waals surface area contributed by atoms with Gasteiger partial charge in [-0.3, -0.25) is 5.43 Å². The quantitative estimate of drug-likeness (QED) is 0.389. The summed E-state index contributed by atoms with van der Waals surface area (Å²) in [5, 5.41) is 5.58. The zero-order valence-corrected chi connectivity index (χ0v) is 16.2. The van der Waals surface area contributed by atoms with Crippen LogP contribution in [-0.2, 0) is 6.61 Å². The minimum absolute atomic E-state index is 0.365. The molecule has 0 aliphatic carbocycles. The van der Waals surface area contributed by atoms with Crippen molar-refractivity contribution in [1.82, 2.24) is 0 Å².